The number of hydrogen-bond donors (Lipinski definition) is 0. The minimum atomic E-state index is -4.15. The van der Waals surface area contributed by atoms with Crippen molar-refractivity contribution in [3.8, 4) is 0 Å². The third kappa shape index (κ3) is 6.60. The summed E-state index contributed by atoms with van der Waals surface area (Å²) in [5.74, 6) is 0.482. The molecule has 4 nitrogen and oxygen atoms in total. The lowest BCUT2D eigenvalue weighted by atomic mass is 9.73. The van der Waals surface area contributed by atoms with Crippen molar-refractivity contribution in [2.75, 3.05) is 24.5 Å². The molecule has 0 atom stereocenters. The third-order valence-corrected chi connectivity index (χ3v) is 8.40. The second-order valence-electron chi connectivity index (χ2n) is 11.9. The van der Waals surface area contributed by atoms with Gasteiger partial charge in [-0.05, 0) is 75.8 Å². The number of likely N-dealkylation sites (tertiary alicyclic amines) is 1. The van der Waals surface area contributed by atoms with Crippen LogP contribution in [0.15, 0.2) is 52.3 Å². The fourth-order valence-electron chi connectivity index (χ4n) is 6.26. The van der Waals surface area contributed by atoms with Crippen LogP contribution in [0.5, 0.6) is 0 Å². The van der Waals surface area contributed by atoms with E-state index in [0.29, 0.717) is 38.4 Å². The number of alkyl halides is 3. The molecule has 0 saturated carbocycles. The zero-order valence-corrected chi connectivity index (χ0v) is 24.0. The van der Waals surface area contributed by atoms with E-state index in [2.05, 4.69) is 44.7 Å². The van der Waals surface area contributed by atoms with Crippen LogP contribution in [0.2, 0.25) is 0 Å². The van der Waals surface area contributed by atoms with Crippen molar-refractivity contribution >= 4 is 17.3 Å². The van der Waals surface area contributed by atoms with E-state index in [1.807, 2.05) is 23.1 Å². The zero-order valence-electron chi connectivity index (χ0n) is 24.0. The van der Waals surface area contributed by atoms with Crippen molar-refractivity contribution in [3.05, 3.63) is 52.9 Å². The summed E-state index contributed by atoms with van der Waals surface area (Å²) < 4.78 is 38.4. The van der Waals surface area contributed by atoms with Gasteiger partial charge in [0.15, 0.2) is 0 Å². The number of carbonyl (C=O) groups is 1. The Hall–Kier alpha value is -2.57. The van der Waals surface area contributed by atoms with Crippen molar-refractivity contribution in [2.45, 2.75) is 103 Å². The molecule has 0 unspecified atom stereocenters. The molecule has 39 heavy (non-hydrogen) atoms. The molecular formula is C32H44F3N3O. The molecule has 1 fully saturated rings. The lowest BCUT2D eigenvalue weighted by molar-refractivity contribution is -0.135. The molecule has 2 aliphatic heterocycles. The number of hydrogen-bond acceptors (Lipinski definition) is 3. The van der Waals surface area contributed by atoms with Gasteiger partial charge in [0.2, 0.25) is 5.91 Å². The molecule has 3 aliphatic rings. The molecule has 1 saturated heterocycles. The van der Waals surface area contributed by atoms with Crippen LogP contribution in [0.1, 0.15) is 97.5 Å². The molecule has 0 radical (unpaired) electrons. The summed E-state index contributed by atoms with van der Waals surface area (Å²) >= 11 is 0. The second-order valence-corrected chi connectivity index (χ2v) is 11.9. The standard InChI is InChI=1S/C32H44F3N3O/c1-5-6-17-28(23(2)3)37-21-31(22-37)26-15-8-10-18-29(26)38(30(31)39)20-25(14-11-12-19-32(33,34)35)36-27-16-9-7-13-24(27)4/h8,10,15,17-18,23H,5-7,9,11-14,16,19-22H2,1-4H3/b28-17+,36-25+. The van der Waals surface area contributed by atoms with Gasteiger partial charge in [0, 0.05) is 42.3 Å². The van der Waals surface area contributed by atoms with E-state index in [1.54, 1.807) is 0 Å². The Labute approximate surface area is 232 Å². The van der Waals surface area contributed by atoms with Crippen molar-refractivity contribution in [1.29, 1.82) is 0 Å². The van der Waals surface area contributed by atoms with Gasteiger partial charge in [-0.3, -0.25) is 9.79 Å². The van der Waals surface area contributed by atoms with E-state index >= 15 is 0 Å². The first-order valence-corrected chi connectivity index (χ1v) is 14.7. The number of rotatable bonds is 11. The Kier molecular flexibility index (Phi) is 9.28. The van der Waals surface area contributed by atoms with Crippen molar-refractivity contribution in [3.63, 3.8) is 0 Å². The predicted molar refractivity (Wildman–Crippen MR) is 153 cm³/mol. The molecule has 7 heteroatoms. The molecule has 1 aromatic carbocycles. The SMILES string of the molecule is CCC/C=C(\C(C)C)N1CC2(C1)C(=O)N(C/C(CCCCC(F)(F)F)=N/C1=C(C)CCCC1)c1ccccc12. The molecule has 4 rings (SSSR count). The van der Waals surface area contributed by atoms with Gasteiger partial charge in [-0.15, -0.1) is 0 Å². The maximum absolute atomic E-state index is 14.1. The van der Waals surface area contributed by atoms with Crippen LogP contribution in [0.4, 0.5) is 18.9 Å². The summed E-state index contributed by atoms with van der Waals surface area (Å²) in [6, 6.07) is 8.04. The highest BCUT2D eigenvalue weighted by atomic mass is 19.4. The highest BCUT2D eigenvalue weighted by Crippen LogP contribution is 2.49. The van der Waals surface area contributed by atoms with Gasteiger partial charge in [-0.25, -0.2) is 0 Å². The predicted octanol–water partition coefficient (Wildman–Crippen LogP) is 8.34. The minimum absolute atomic E-state index is 0.0755. The molecule has 1 amide bonds. The van der Waals surface area contributed by atoms with Gasteiger partial charge in [-0.1, -0.05) is 57.0 Å². The molecule has 0 bridgehead atoms. The number of allylic oxidation sites excluding steroid dienone is 4. The van der Waals surface area contributed by atoms with Crippen molar-refractivity contribution in [1.82, 2.24) is 4.90 Å². The number of carbonyl (C=O) groups excluding carboxylic acids is 1. The summed E-state index contributed by atoms with van der Waals surface area (Å²) in [6.07, 6.45) is 4.57. The topological polar surface area (TPSA) is 35.9 Å². The highest BCUT2D eigenvalue weighted by Gasteiger charge is 2.58. The molecule has 1 aromatic rings. The van der Waals surface area contributed by atoms with Gasteiger partial charge in [0.05, 0.1) is 6.54 Å². The van der Waals surface area contributed by atoms with Crippen LogP contribution in [0.25, 0.3) is 0 Å². The molecule has 1 aliphatic carbocycles. The van der Waals surface area contributed by atoms with E-state index < -0.39 is 18.0 Å². The Bertz CT molecular complexity index is 1130. The Balaban J connectivity index is 1.58. The number of halogens is 3. The number of para-hydroxylation sites is 1. The van der Waals surface area contributed by atoms with Crippen molar-refractivity contribution in [2.24, 2.45) is 10.9 Å². The summed E-state index contributed by atoms with van der Waals surface area (Å²) in [5, 5.41) is 0. The summed E-state index contributed by atoms with van der Waals surface area (Å²) in [4.78, 5) is 23.4. The monoisotopic (exact) mass is 543 g/mol. The van der Waals surface area contributed by atoms with E-state index in [-0.39, 0.29) is 12.3 Å². The Morgan fingerprint density at radius 1 is 1.13 bits per heavy atom. The highest BCUT2D eigenvalue weighted by molar-refractivity contribution is 6.12. The van der Waals surface area contributed by atoms with Crippen LogP contribution in [-0.2, 0) is 10.2 Å². The lowest BCUT2D eigenvalue weighted by Gasteiger charge is -2.50. The van der Waals surface area contributed by atoms with Crippen LogP contribution < -0.4 is 4.90 Å². The second kappa shape index (κ2) is 12.3. The first kappa shape index (κ1) is 29.4. The quantitative estimate of drug-likeness (QED) is 0.208. The van der Waals surface area contributed by atoms with E-state index in [4.69, 9.17) is 4.99 Å². The van der Waals surface area contributed by atoms with Gasteiger partial charge in [-0.2, -0.15) is 13.2 Å². The Morgan fingerprint density at radius 2 is 1.85 bits per heavy atom. The number of unbranched alkanes of at least 4 members (excludes halogenated alkanes) is 2. The molecular weight excluding hydrogens is 499 g/mol. The first-order valence-electron chi connectivity index (χ1n) is 14.7. The van der Waals surface area contributed by atoms with Crippen LogP contribution >= 0.6 is 0 Å². The summed E-state index contributed by atoms with van der Waals surface area (Å²) in [5.41, 5.74) is 5.84. The number of amides is 1. The molecule has 1 spiro atoms. The number of benzene rings is 1. The minimum Gasteiger partial charge on any atom is -0.372 e. The van der Waals surface area contributed by atoms with Crippen LogP contribution in [0, 0.1) is 5.92 Å². The molecule has 2 heterocycles. The first-order chi connectivity index (χ1) is 18.6. The third-order valence-electron chi connectivity index (χ3n) is 8.40. The fraction of sp³-hybridized carbons (Fsp3) is 0.625. The number of aliphatic imine (C=N–C) groups is 1. The smallest absolute Gasteiger partial charge is 0.372 e. The van der Waals surface area contributed by atoms with Crippen molar-refractivity contribution < 1.29 is 18.0 Å². The number of anilines is 1. The van der Waals surface area contributed by atoms with E-state index in [1.165, 1.54) is 11.3 Å². The number of nitrogens with zero attached hydrogens (tertiary/aromatic N) is 3. The molecule has 214 valence electrons. The van der Waals surface area contributed by atoms with Gasteiger partial charge < -0.3 is 9.80 Å². The van der Waals surface area contributed by atoms with E-state index in [9.17, 15) is 18.0 Å². The van der Waals surface area contributed by atoms with Gasteiger partial charge in [0.1, 0.15) is 5.41 Å². The zero-order chi connectivity index (χ0) is 28.2. The maximum Gasteiger partial charge on any atom is 0.389 e. The summed E-state index contributed by atoms with van der Waals surface area (Å²) in [7, 11) is 0. The molecule has 0 aromatic heterocycles. The van der Waals surface area contributed by atoms with Gasteiger partial charge in [0.25, 0.3) is 0 Å². The Morgan fingerprint density at radius 3 is 2.51 bits per heavy atom. The average molecular weight is 544 g/mol. The normalized spacial score (nSPS) is 19.8. The van der Waals surface area contributed by atoms with Crippen LogP contribution in [0.3, 0.4) is 0 Å². The van der Waals surface area contributed by atoms with Crippen LogP contribution in [-0.4, -0.2) is 42.3 Å². The number of fused-ring (bicyclic) bond motifs is 2. The van der Waals surface area contributed by atoms with E-state index in [0.717, 1.165) is 61.2 Å². The molecule has 0 N–H and O–H groups in total. The maximum atomic E-state index is 14.1. The fourth-order valence-corrected chi connectivity index (χ4v) is 6.26. The lowest BCUT2D eigenvalue weighted by Crippen LogP contribution is -2.63. The largest absolute Gasteiger partial charge is 0.389 e. The average Bonchev–Trinajstić information content (AvgIpc) is 3.10. The summed E-state index contributed by atoms with van der Waals surface area (Å²) in [6.45, 7) is 10.3. The van der Waals surface area contributed by atoms with Gasteiger partial charge >= 0.3 is 6.18 Å².